The van der Waals surface area contributed by atoms with Crippen LogP contribution in [0.25, 0.3) is 0 Å². The molecule has 18 heavy (non-hydrogen) atoms. The Hall–Kier alpha value is -0.770. The van der Waals surface area contributed by atoms with Crippen LogP contribution in [0.1, 0.15) is 11.1 Å². The molecule has 1 aromatic carbocycles. The van der Waals surface area contributed by atoms with E-state index in [4.69, 9.17) is 23.2 Å². The van der Waals surface area contributed by atoms with Gasteiger partial charge in [-0.15, -0.1) is 0 Å². The first-order chi connectivity index (χ1) is 8.56. The minimum Gasteiger partial charge on any atom is -0.380 e. The molecule has 5 heteroatoms. The maximum Gasteiger partial charge on any atom is 0.132 e. The average molecular weight is 346 g/mol. The molecular weight excluding hydrogens is 335 g/mol. The third-order valence-electron chi connectivity index (χ3n) is 2.51. The van der Waals surface area contributed by atoms with Crippen LogP contribution in [-0.2, 0) is 6.54 Å². The van der Waals surface area contributed by atoms with Crippen LogP contribution in [0.5, 0.6) is 0 Å². The van der Waals surface area contributed by atoms with Crippen molar-refractivity contribution in [2.24, 2.45) is 0 Å². The molecule has 2 rings (SSSR count). The number of halogens is 3. The molecule has 0 fully saturated rings. The summed E-state index contributed by atoms with van der Waals surface area (Å²) in [5.74, 6) is 0. The second-order valence-corrected chi connectivity index (χ2v) is 5.60. The van der Waals surface area contributed by atoms with E-state index in [0.717, 1.165) is 26.3 Å². The summed E-state index contributed by atoms with van der Waals surface area (Å²) in [6.07, 6.45) is 1.71. The molecule has 0 saturated carbocycles. The summed E-state index contributed by atoms with van der Waals surface area (Å²) in [6.45, 7) is 2.56. The van der Waals surface area contributed by atoms with E-state index >= 15 is 0 Å². The quantitative estimate of drug-likeness (QED) is 0.785. The van der Waals surface area contributed by atoms with Crippen molar-refractivity contribution in [3.63, 3.8) is 0 Å². The van der Waals surface area contributed by atoms with Crippen LogP contribution in [-0.4, -0.2) is 4.98 Å². The summed E-state index contributed by atoms with van der Waals surface area (Å²) in [7, 11) is 0. The van der Waals surface area contributed by atoms with Gasteiger partial charge in [0.1, 0.15) is 5.15 Å². The molecule has 0 aliphatic carbocycles. The number of nitrogens with one attached hydrogen (secondary N) is 1. The lowest BCUT2D eigenvalue weighted by Gasteiger charge is -2.09. The highest BCUT2D eigenvalue weighted by Gasteiger charge is 2.03. The van der Waals surface area contributed by atoms with Crippen molar-refractivity contribution in [3.8, 4) is 0 Å². The molecule has 0 aliphatic heterocycles. The lowest BCUT2D eigenvalue weighted by molar-refractivity contribution is 1.13. The van der Waals surface area contributed by atoms with E-state index < -0.39 is 0 Å². The van der Waals surface area contributed by atoms with Gasteiger partial charge in [0, 0.05) is 16.0 Å². The number of hydrogen-bond acceptors (Lipinski definition) is 2. The van der Waals surface area contributed by atoms with Gasteiger partial charge < -0.3 is 5.32 Å². The van der Waals surface area contributed by atoms with Gasteiger partial charge in [0.2, 0.25) is 0 Å². The summed E-state index contributed by atoms with van der Waals surface area (Å²) in [4.78, 5) is 4.09. The van der Waals surface area contributed by atoms with Crippen LogP contribution in [0, 0.1) is 6.92 Å². The van der Waals surface area contributed by atoms with Crippen LogP contribution < -0.4 is 5.32 Å². The monoisotopic (exact) mass is 344 g/mol. The predicted molar refractivity (Wildman–Crippen MR) is 80.5 cm³/mol. The minimum absolute atomic E-state index is 0.529. The molecule has 0 saturated heterocycles. The molecule has 94 valence electrons. The van der Waals surface area contributed by atoms with Crippen LogP contribution in [0.3, 0.4) is 0 Å². The Bertz CT molecular complexity index is 573. The lowest BCUT2D eigenvalue weighted by atomic mass is 10.2. The number of nitrogens with zero attached hydrogens (tertiary/aromatic N) is 1. The van der Waals surface area contributed by atoms with E-state index in [2.05, 4.69) is 26.2 Å². The van der Waals surface area contributed by atoms with Gasteiger partial charge in [0.05, 0.1) is 11.9 Å². The first kappa shape index (κ1) is 13.7. The van der Waals surface area contributed by atoms with Gasteiger partial charge in [-0.05, 0) is 42.3 Å². The Morgan fingerprint density at radius 2 is 2.06 bits per heavy atom. The van der Waals surface area contributed by atoms with Crippen molar-refractivity contribution in [1.82, 2.24) is 4.98 Å². The molecule has 2 nitrogen and oxygen atoms in total. The fourth-order valence-corrected chi connectivity index (χ4v) is 2.23. The highest BCUT2D eigenvalue weighted by Crippen LogP contribution is 2.22. The summed E-state index contributed by atoms with van der Waals surface area (Å²) >= 11 is 15.4. The van der Waals surface area contributed by atoms with Gasteiger partial charge in [-0.25, -0.2) is 4.98 Å². The maximum atomic E-state index is 6.12. The Morgan fingerprint density at radius 1 is 1.28 bits per heavy atom. The van der Waals surface area contributed by atoms with Crippen molar-refractivity contribution in [2.45, 2.75) is 13.5 Å². The third kappa shape index (κ3) is 3.37. The van der Waals surface area contributed by atoms with Crippen molar-refractivity contribution in [3.05, 3.63) is 56.2 Å². The second kappa shape index (κ2) is 5.91. The third-order valence-corrected chi connectivity index (χ3v) is 3.76. The average Bonchev–Trinajstić information content (AvgIpc) is 2.34. The molecule has 0 amide bonds. The zero-order valence-corrected chi connectivity index (χ0v) is 12.8. The summed E-state index contributed by atoms with van der Waals surface area (Å²) in [5, 5.41) is 4.54. The van der Waals surface area contributed by atoms with Gasteiger partial charge in [-0.2, -0.15) is 0 Å². The molecule has 1 aromatic heterocycles. The smallest absolute Gasteiger partial charge is 0.132 e. The maximum absolute atomic E-state index is 6.12. The van der Waals surface area contributed by atoms with E-state index in [1.54, 1.807) is 6.20 Å². The zero-order valence-electron chi connectivity index (χ0n) is 9.67. The van der Waals surface area contributed by atoms with Crippen LogP contribution >= 0.6 is 39.1 Å². The van der Waals surface area contributed by atoms with Gasteiger partial charge in [0.25, 0.3) is 0 Å². The van der Waals surface area contributed by atoms with Crippen LogP contribution in [0.4, 0.5) is 5.69 Å². The number of aromatic nitrogens is 1. The molecule has 0 aliphatic rings. The van der Waals surface area contributed by atoms with Crippen LogP contribution in [0.15, 0.2) is 34.9 Å². The summed E-state index contributed by atoms with van der Waals surface area (Å²) in [6, 6.07) is 7.74. The van der Waals surface area contributed by atoms with E-state index in [9.17, 15) is 0 Å². The first-order valence-electron chi connectivity index (χ1n) is 5.36. The highest BCUT2D eigenvalue weighted by atomic mass is 79.9. The SMILES string of the molecule is Cc1cc(NCc2cc(Br)ccc2Cl)cnc1Cl. The Kier molecular flexibility index (Phi) is 4.49. The number of hydrogen-bond donors (Lipinski definition) is 1. The van der Waals surface area contributed by atoms with Crippen molar-refractivity contribution >= 4 is 44.8 Å². The Morgan fingerprint density at radius 3 is 2.78 bits per heavy atom. The van der Waals surface area contributed by atoms with Crippen molar-refractivity contribution in [1.29, 1.82) is 0 Å². The predicted octanol–water partition coefficient (Wildman–Crippen LogP) is 5.07. The van der Waals surface area contributed by atoms with Gasteiger partial charge in [0.15, 0.2) is 0 Å². The summed E-state index contributed by atoms with van der Waals surface area (Å²) in [5.41, 5.74) is 2.90. The largest absolute Gasteiger partial charge is 0.380 e. The molecule has 0 spiro atoms. The van der Waals surface area contributed by atoms with E-state index in [1.165, 1.54) is 0 Å². The summed E-state index contributed by atoms with van der Waals surface area (Å²) < 4.78 is 1.01. The number of pyridine rings is 1. The topological polar surface area (TPSA) is 24.9 Å². The van der Waals surface area contributed by atoms with Crippen molar-refractivity contribution < 1.29 is 0 Å². The number of anilines is 1. The number of benzene rings is 1. The minimum atomic E-state index is 0.529. The van der Waals surface area contributed by atoms with E-state index in [-0.39, 0.29) is 0 Å². The fraction of sp³-hybridized carbons (Fsp3) is 0.154. The fourth-order valence-electron chi connectivity index (χ4n) is 1.53. The second-order valence-electron chi connectivity index (χ2n) is 3.92. The molecule has 2 aromatic rings. The molecule has 0 radical (unpaired) electrons. The first-order valence-corrected chi connectivity index (χ1v) is 6.91. The number of aryl methyl sites for hydroxylation is 1. The van der Waals surface area contributed by atoms with Gasteiger partial charge >= 0.3 is 0 Å². The zero-order chi connectivity index (χ0) is 13.1. The highest BCUT2D eigenvalue weighted by molar-refractivity contribution is 9.10. The molecular formula is C13H11BrCl2N2. The van der Waals surface area contributed by atoms with Gasteiger partial charge in [-0.1, -0.05) is 39.1 Å². The standard InChI is InChI=1S/C13H11BrCl2N2/c1-8-4-11(7-18-13(8)16)17-6-9-5-10(14)2-3-12(9)15/h2-5,7,17H,6H2,1H3. The molecule has 1 heterocycles. The van der Waals surface area contributed by atoms with E-state index in [0.29, 0.717) is 11.7 Å². The van der Waals surface area contributed by atoms with Gasteiger partial charge in [-0.3, -0.25) is 0 Å². The molecule has 0 unspecified atom stereocenters. The molecule has 0 bridgehead atoms. The molecule has 0 atom stereocenters. The lowest BCUT2D eigenvalue weighted by Crippen LogP contribution is -2.01. The van der Waals surface area contributed by atoms with Crippen molar-refractivity contribution in [2.75, 3.05) is 5.32 Å². The van der Waals surface area contributed by atoms with E-state index in [1.807, 2.05) is 31.2 Å². The molecule has 1 N–H and O–H groups in total. The van der Waals surface area contributed by atoms with Crippen LogP contribution in [0.2, 0.25) is 10.2 Å². The number of rotatable bonds is 3. The normalized spacial score (nSPS) is 10.4. The Labute approximate surface area is 124 Å². The Balaban J connectivity index is 2.11.